The predicted molar refractivity (Wildman–Crippen MR) is 66.9 cm³/mol. The Kier molecular flexibility index (Phi) is 3.33. The molecule has 0 bridgehead atoms. The molecule has 1 aliphatic rings. The van der Waals surface area contributed by atoms with Crippen molar-refractivity contribution in [2.24, 2.45) is 0 Å². The standard InChI is InChI=1S/C13H18N2O2/c1-9-7-11(14)3-4-12(9)13(16)15-5-6-17-8-10(15)2/h3-4,7,10H,5-6,8,14H2,1-2H3/t10-/m1/s1. The van der Waals surface area contributed by atoms with Gasteiger partial charge in [-0.2, -0.15) is 0 Å². The van der Waals surface area contributed by atoms with Crippen molar-refractivity contribution in [1.29, 1.82) is 0 Å². The molecule has 1 atom stereocenters. The normalized spacial score (nSPS) is 20.4. The molecule has 4 heteroatoms. The third-order valence-electron chi connectivity index (χ3n) is 3.11. The average molecular weight is 234 g/mol. The summed E-state index contributed by atoms with van der Waals surface area (Å²) < 4.78 is 5.33. The SMILES string of the molecule is Cc1cc(N)ccc1C(=O)N1CCOC[C@H]1C. The number of benzene rings is 1. The molecule has 4 nitrogen and oxygen atoms in total. The van der Waals surface area contributed by atoms with Crippen LogP contribution in [0.4, 0.5) is 5.69 Å². The van der Waals surface area contributed by atoms with Crippen molar-refractivity contribution < 1.29 is 9.53 Å². The van der Waals surface area contributed by atoms with Gasteiger partial charge in [-0.05, 0) is 37.6 Å². The summed E-state index contributed by atoms with van der Waals surface area (Å²) >= 11 is 0. The maximum atomic E-state index is 12.4. The third-order valence-corrected chi connectivity index (χ3v) is 3.11. The molecular weight excluding hydrogens is 216 g/mol. The van der Waals surface area contributed by atoms with Gasteiger partial charge in [0.15, 0.2) is 0 Å². The summed E-state index contributed by atoms with van der Waals surface area (Å²) in [7, 11) is 0. The van der Waals surface area contributed by atoms with Gasteiger partial charge in [-0.1, -0.05) is 0 Å². The van der Waals surface area contributed by atoms with Crippen molar-refractivity contribution in [3.8, 4) is 0 Å². The van der Waals surface area contributed by atoms with E-state index in [4.69, 9.17) is 10.5 Å². The van der Waals surface area contributed by atoms with Gasteiger partial charge < -0.3 is 15.4 Å². The van der Waals surface area contributed by atoms with Crippen LogP contribution in [-0.4, -0.2) is 36.6 Å². The predicted octanol–water partition coefficient (Wildman–Crippen LogP) is 1.44. The van der Waals surface area contributed by atoms with Gasteiger partial charge >= 0.3 is 0 Å². The van der Waals surface area contributed by atoms with Gasteiger partial charge in [-0.15, -0.1) is 0 Å². The first-order valence-corrected chi connectivity index (χ1v) is 5.84. The molecule has 17 heavy (non-hydrogen) atoms. The Bertz CT molecular complexity index is 431. The minimum atomic E-state index is 0.0679. The van der Waals surface area contributed by atoms with Crippen LogP contribution in [0.5, 0.6) is 0 Å². The number of nitrogens with zero attached hydrogens (tertiary/aromatic N) is 1. The highest BCUT2D eigenvalue weighted by molar-refractivity contribution is 5.96. The van der Waals surface area contributed by atoms with Gasteiger partial charge in [-0.25, -0.2) is 0 Å². The zero-order valence-corrected chi connectivity index (χ0v) is 10.3. The molecule has 92 valence electrons. The van der Waals surface area contributed by atoms with Gasteiger partial charge in [0.2, 0.25) is 0 Å². The second-order valence-corrected chi connectivity index (χ2v) is 4.50. The fraction of sp³-hybridized carbons (Fsp3) is 0.462. The highest BCUT2D eigenvalue weighted by Crippen LogP contribution is 2.17. The molecule has 1 aromatic carbocycles. The Balaban J connectivity index is 2.24. The first-order valence-electron chi connectivity index (χ1n) is 5.84. The summed E-state index contributed by atoms with van der Waals surface area (Å²) in [6.45, 7) is 5.80. The molecule has 0 spiro atoms. The Morgan fingerprint density at radius 1 is 1.53 bits per heavy atom. The van der Waals surface area contributed by atoms with Crippen LogP contribution in [0.25, 0.3) is 0 Å². The van der Waals surface area contributed by atoms with Crippen LogP contribution in [0.1, 0.15) is 22.8 Å². The van der Waals surface area contributed by atoms with E-state index in [0.717, 1.165) is 11.1 Å². The van der Waals surface area contributed by atoms with Crippen LogP contribution in [-0.2, 0) is 4.74 Å². The van der Waals surface area contributed by atoms with Crippen molar-refractivity contribution in [3.05, 3.63) is 29.3 Å². The third kappa shape index (κ3) is 2.42. The van der Waals surface area contributed by atoms with E-state index in [1.54, 1.807) is 12.1 Å². The Morgan fingerprint density at radius 3 is 2.94 bits per heavy atom. The fourth-order valence-corrected chi connectivity index (χ4v) is 2.11. The van der Waals surface area contributed by atoms with Crippen molar-refractivity contribution in [1.82, 2.24) is 4.90 Å². The molecular formula is C13H18N2O2. The number of hydrogen-bond acceptors (Lipinski definition) is 3. The zero-order chi connectivity index (χ0) is 12.4. The lowest BCUT2D eigenvalue weighted by molar-refractivity contribution is 0.00355. The number of aryl methyl sites for hydroxylation is 1. The summed E-state index contributed by atoms with van der Waals surface area (Å²) in [6, 6.07) is 5.53. The van der Waals surface area contributed by atoms with E-state index in [1.165, 1.54) is 0 Å². The molecule has 1 aliphatic heterocycles. The molecule has 0 aliphatic carbocycles. The monoisotopic (exact) mass is 234 g/mol. The quantitative estimate of drug-likeness (QED) is 0.748. The number of carbonyl (C=O) groups excluding carboxylic acids is 1. The average Bonchev–Trinajstić information content (AvgIpc) is 2.29. The first kappa shape index (κ1) is 11.9. The summed E-state index contributed by atoms with van der Waals surface area (Å²) in [6.07, 6.45) is 0. The number of nitrogen functional groups attached to an aromatic ring is 1. The molecule has 1 heterocycles. The topological polar surface area (TPSA) is 55.6 Å². The van der Waals surface area contributed by atoms with Crippen molar-refractivity contribution in [3.63, 3.8) is 0 Å². The van der Waals surface area contributed by atoms with Crippen LogP contribution in [0.2, 0.25) is 0 Å². The highest BCUT2D eigenvalue weighted by Gasteiger charge is 2.25. The Labute approximate surface area is 101 Å². The Morgan fingerprint density at radius 2 is 2.29 bits per heavy atom. The number of nitrogens with two attached hydrogens (primary N) is 1. The van der Waals surface area contributed by atoms with Gasteiger partial charge in [0.25, 0.3) is 5.91 Å². The second kappa shape index (κ2) is 4.75. The number of morpholine rings is 1. The van der Waals surface area contributed by atoms with E-state index in [-0.39, 0.29) is 11.9 Å². The zero-order valence-electron chi connectivity index (χ0n) is 10.3. The number of rotatable bonds is 1. The number of anilines is 1. The molecule has 2 rings (SSSR count). The number of hydrogen-bond donors (Lipinski definition) is 1. The van der Waals surface area contributed by atoms with E-state index in [9.17, 15) is 4.79 Å². The van der Waals surface area contributed by atoms with Gasteiger partial charge in [0.1, 0.15) is 0 Å². The Hall–Kier alpha value is -1.55. The lowest BCUT2D eigenvalue weighted by atomic mass is 10.1. The smallest absolute Gasteiger partial charge is 0.254 e. The first-order chi connectivity index (χ1) is 8.09. The van der Waals surface area contributed by atoms with Crippen molar-refractivity contribution >= 4 is 11.6 Å². The highest BCUT2D eigenvalue weighted by atomic mass is 16.5. The van der Waals surface area contributed by atoms with Crippen molar-refractivity contribution in [2.75, 3.05) is 25.5 Å². The van der Waals surface area contributed by atoms with Crippen LogP contribution >= 0.6 is 0 Å². The maximum absolute atomic E-state index is 12.4. The van der Waals surface area contributed by atoms with Crippen LogP contribution in [0.15, 0.2) is 18.2 Å². The molecule has 0 unspecified atom stereocenters. The van der Waals surface area contributed by atoms with E-state index in [0.29, 0.717) is 25.4 Å². The number of amides is 1. The van der Waals surface area contributed by atoms with Crippen LogP contribution in [0.3, 0.4) is 0 Å². The molecule has 1 saturated heterocycles. The lowest BCUT2D eigenvalue weighted by Gasteiger charge is -2.33. The number of carbonyl (C=O) groups is 1. The van der Waals surface area contributed by atoms with E-state index in [1.807, 2.05) is 24.8 Å². The fourth-order valence-electron chi connectivity index (χ4n) is 2.11. The molecule has 0 radical (unpaired) electrons. The lowest BCUT2D eigenvalue weighted by Crippen LogP contribution is -2.47. The number of ether oxygens (including phenoxy) is 1. The molecule has 0 saturated carbocycles. The molecule has 1 aromatic rings. The minimum absolute atomic E-state index is 0.0679. The van der Waals surface area contributed by atoms with Crippen LogP contribution in [0, 0.1) is 6.92 Å². The molecule has 1 amide bonds. The summed E-state index contributed by atoms with van der Waals surface area (Å²) in [5.41, 5.74) is 8.03. The van der Waals surface area contributed by atoms with Crippen LogP contribution < -0.4 is 5.73 Å². The summed E-state index contributed by atoms with van der Waals surface area (Å²) in [5, 5.41) is 0. The molecule has 2 N–H and O–H groups in total. The summed E-state index contributed by atoms with van der Waals surface area (Å²) in [4.78, 5) is 14.2. The van der Waals surface area contributed by atoms with Gasteiger partial charge in [0, 0.05) is 17.8 Å². The summed E-state index contributed by atoms with van der Waals surface area (Å²) in [5.74, 6) is 0.0679. The van der Waals surface area contributed by atoms with Crippen molar-refractivity contribution in [2.45, 2.75) is 19.9 Å². The van der Waals surface area contributed by atoms with E-state index >= 15 is 0 Å². The second-order valence-electron chi connectivity index (χ2n) is 4.50. The molecule has 0 aromatic heterocycles. The maximum Gasteiger partial charge on any atom is 0.254 e. The minimum Gasteiger partial charge on any atom is -0.399 e. The molecule has 1 fully saturated rings. The largest absolute Gasteiger partial charge is 0.399 e. The van der Waals surface area contributed by atoms with Gasteiger partial charge in [-0.3, -0.25) is 4.79 Å². The van der Waals surface area contributed by atoms with E-state index in [2.05, 4.69) is 0 Å². The van der Waals surface area contributed by atoms with E-state index < -0.39 is 0 Å². The van der Waals surface area contributed by atoms with Gasteiger partial charge in [0.05, 0.1) is 19.3 Å².